The highest BCUT2D eigenvalue weighted by Crippen LogP contribution is 2.22. The van der Waals surface area contributed by atoms with Gasteiger partial charge in [-0.1, -0.05) is 36.4 Å². The van der Waals surface area contributed by atoms with E-state index in [9.17, 15) is 9.59 Å². The first kappa shape index (κ1) is 24.0. The maximum atomic E-state index is 13.5. The monoisotopic (exact) mass is 470 g/mol. The Morgan fingerprint density at radius 2 is 1.89 bits per heavy atom. The third kappa shape index (κ3) is 5.87. The Kier molecular flexibility index (Phi) is 7.45. The lowest BCUT2D eigenvalue weighted by molar-refractivity contribution is 0.0723. The number of aryl methyl sites for hydroxylation is 2. The second-order valence-electron chi connectivity index (χ2n) is 8.67. The molecule has 0 radical (unpaired) electrons. The van der Waals surface area contributed by atoms with Gasteiger partial charge in [-0.05, 0) is 55.7 Å². The number of benzene rings is 2. The molecular formula is C28H30N4O3. The molecule has 2 heterocycles. The molecule has 0 aliphatic carbocycles. The lowest BCUT2D eigenvalue weighted by Gasteiger charge is -2.29. The van der Waals surface area contributed by atoms with Crippen molar-refractivity contribution in [3.05, 3.63) is 102 Å². The summed E-state index contributed by atoms with van der Waals surface area (Å²) in [5.41, 5.74) is 3.06. The summed E-state index contributed by atoms with van der Waals surface area (Å²) in [6, 6.07) is 20.9. The summed E-state index contributed by atoms with van der Waals surface area (Å²) in [4.78, 5) is 32.1. The van der Waals surface area contributed by atoms with Gasteiger partial charge in [-0.15, -0.1) is 0 Å². The van der Waals surface area contributed by atoms with Gasteiger partial charge in [0.05, 0.1) is 6.20 Å². The first-order chi connectivity index (χ1) is 16.9. The Morgan fingerprint density at radius 3 is 2.57 bits per heavy atom. The van der Waals surface area contributed by atoms with Crippen LogP contribution < -0.4 is 5.32 Å². The molecule has 7 nitrogen and oxygen atoms in total. The van der Waals surface area contributed by atoms with E-state index >= 15 is 0 Å². The molecule has 1 N–H and O–H groups in total. The number of carbonyl (C=O) groups excluding carboxylic acids is 2. The zero-order chi connectivity index (χ0) is 24.8. The predicted molar refractivity (Wildman–Crippen MR) is 135 cm³/mol. The van der Waals surface area contributed by atoms with Crippen molar-refractivity contribution >= 4 is 11.8 Å². The summed E-state index contributed by atoms with van der Waals surface area (Å²) in [7, 11) is 3.66. The second kappa shape index (κ2) is 10.9. The lowest BCUT2D eigenvalue weighted by Crippen LogP contribution is -2.41. The lowest BCUT2D eigenvalue weighted by atomic mass is 10.0. The fraction of sp³-hybridized carbons (Fsp3) is 0.250. The molecule has 0 aliphatic rings. The van der Waals surface area contributed by atoms with Crippen molar-refractivity contribution in [3.8, 4) is 11.5 Å². The van der Waals surface area contributed by atoms with Crippen molar-refractivity contribution in [1.29, 1.82) is 0 Å². The first-order valence-corrected chi connectivity index (χ1v) is 11.7. The van der Waals surface area contributed by atoms with Gasteiger partial charge >= 0.3 is 0 Å². The summed E-state index contributed by atoms with van der Waals surface area (Å²) < 4.78 is 7.41. The van der Waals surface area contributed by atoms with Gasteiger partial charge < -0.3 is 19.2 Å². The zero-order valence-electron chi connectivity index (χ0n) is 20.3. The van der Waals surface area contributed by atoms with Crippen LogP contribution in [0.2, 0.25) is 0 Å². The summed E-state index contributed by atoms with van der Waals surface area (Å²) in [6.07, 6.45) is 4.80. The SMILES string of the molecule is Cc1cnc(-c2cccc(C(=O)N(C)C(CCNC(=O)c3cccn3C)Cc3ccccc3)c2)o1. The van der Waals surface area contributed by atoms with Gasteiger partial charge in [0.2, 0.25) is 5.89 Å². The minimum absolute atomic E-state index is 0.0928. The largest absolute Gasteiger partial charge is 0.441 e. The topological polar surface area (TPSA) is 80.4 Å². The van der Waals surface area contributed by atoms with Gasteiger partial charge in [-0.3, -0.25) is 9.59 Å². The number of oxazole rings is 1. The Labute approximate surface area is 205 Å². The van der Waals surface area contributed by atoms with Crippen LogP contribution in [0, 0.1) is 6.92 Å². The van der Waals surface area contributed by atoms with Crippen molar-refractivity contribution in [3.63, 3.8) is 0 Å². The Bertz CT molecular complexity index is 1290. The standard InChI is InChI=1S/C28H30N4O3/c1-20-19-30-27(35-20)22-11-7-12-23(18-22)28(34)32(3)24(17-21-9-5-4-6-10-21)14-15-29-26(33)25-13-8-16-31(25)2/h4-13,16,18-19,24H,14-15,17H2,1-3H3,(H,29,33). The van der Waals surface area contributed by atoms with Gasteiger partial charge in [0.25, 0.3) is 11.8 Å². The molecule has 7 heteroatoms. The number of hydrogen-bond donors (Lipinski definition) is 1. The van der Waals surface area contributed by atoms with Gasteiger partial charge in [-0.2, -0.15) is 0 Å². The Hall–Kier alpha value is -4.13. The molecule has 1 atom stereocenters. The van der Waals surface area contributed by atoms with Crippen LogP contribution in [-0.2, 0) is 13.5 Å². The summed E-state index contributed by atoms with van der Waals surface area (Å²) in [5.74, 6) is 0.988. The van der Waals surface area contributed by atoms with Crippen LogP contribution in [0.1, 0.15) is 38.6 Å². The van der Waals surface area contributed by atoms with E-state index in [0.29, 0.717) is 42.3 Å². The normalized spacial score (nSPS) is 11.7. The number of rotatable bonds is 9. The summed E-state index contributed by atoms with van der Waals surface area (Å²) in [6.45, 7) is 2.29. The van der Waals surface area contributed by atoms with Crippen molar-refractivity contribution in [2.24, 2.45) is 7.05 Å². The number of amides is 2. The molecule has 0 fully saturated rings. The highest BCUT2D eigenvalue weighted by molar-refractivity contribution is 5.95. The molecule has 4 rings (SSSR count). The van der Waals surface area contributed by atoms with E-state index < -0.39 is 0 Å². The van der Waals surface area contributed by atoms with E-state index in [1.807, 2.05) is 63.6 Å². The van der Waals surface area contributed by atoms with E-state index in [1.165, 1.54) is 0 Å². The van der Waals surface area contributed by atoms with E-state index in [4.69, 9.17) is 4.42 Å². The molecule has 0 saturated carbocycles. The molecular weight excluding hydrogens is 440 g/mol. The number of likely N-dealkylation sites (N-methyl/N-ethyl adjacent to an activating group) is 1. The van der Waals surface area contributed by atoms with Gasteiger partial charge in [0.1, 0.15) is 11.5 Å². The van der Waals surface area contributed by atoms with Crippen LogP contribution in [0.3, 0.4) is 0 Å². The van der Waals surface area contributed by atoms with Crippen molar-refractivity contribution < 1.29 is 14.0 Å². The Balaban J connectivity index is 1.49. The van der Waals surface area contributed by atoms with Gasteiger partial charge in [0.15, 0.2) is 0 Å². The highest BCUT2D eigenvalue weighted by atomic mass is 16.4. The third-order valence-corrected chi connectivity index (χ3v) is 6.10. The molecule has 4 aromatic rings. The first-order valence-electron chi connectivity index (χ1n) is 11.7. The third-order valence-electron chi connectivity index (χ3n) is 6.10. The fourth-order valence-corrected chi connectivity index (χ4v) is 4.10. The number of aromatic nitrogens is 2. The van der Waals surface area contributed by atoms with Crippen molar-refractivity contribution in [2.75, 3.05) is 13.6 Å². The molecule has 2 amide bonds. The highest BCUT2D eigenvalue weighted by Gasteiger charge is 2.23. The molecule has 0 bridgehead atoms. The molecule has 2 aromatic carbocycles. The van der Waals surface area contributed by atoms with Crippen molar-refractivity contribution in [1.82, 2.24) is 19.8 Å². The molecule has 0 saturated heterocycles. The van der Waals surface area contributed by atoms with Crippen LogP contribution in [-0.4, -0.2) is 45.9 Å². The van der Waals surface area contributed by atoms with E-state index in [-0.39, 0.29) is 17.9 Å². The van der Waals surface area contributed by atoms with E-state index in [2.05, 4.69) is 22.4 Å². The maximum Gasteiger partial charge on any atom is 0.267 e. The smallest absolute Gasteiger partial charge is 0.267 e. The van der Waals surface area contributed by atoms with Crippen LogP contribution in [0.15, 0.2) is 83.5 Å². The van der Waals surface area contributed by atoms with Crippen molar-refractivity contribution in [2.45, 2.75) is 25.8 Å². The molecule has 0 spiro atoms. The summed E-state index contributed by atoms with van der Waals surface area (Å²) >= 11 is 0. The molecule has 1 unspecified atom stereocenters. The number of nitrogens with zero attached hydrogens (tertiary/aromatic N) is 3. The predicted octanol–water partition coefficient (Wildman–Crippen LogP) is 4.49. The zero-order valence-corrected chi connectivity index (χ0v) is 20.3. The van der Waals surface area contributed by atoms with E-state index in [1.54, 1.807) is 33.9 Å². The number of hydrogen-bond acceptors (Lipinski definition) is 4. The minimum atomic E-state index is -0.126. The van der Waals surface area contributed by atoms with Crippen LogP contribution >= 0.6 is 0 Å². The number of carbonyl (C=O) groups is 2. The molecule has 180 valence electrons. The van der Waals surface area contributed by atoms with Crippen LogP contribution in [0.25, 0.3) is 11.5 Å². The maximum absolute atomic E-state index is 13.5. The molecule has 0 aliphatic heterocycles. The average molecular weight is 471 g/mol. The Morgan fingerprint density at radius 1 is 1.09 bits per heavy atom. The molecule has 35 heavy (non-hydrogen) atoms. The van der Waals surface area contributed by atoms with Gasteiger partial charge in [-0.25, -0.2) is 4.98 Å². The van der Waals surface area contributed by atoms with Crippen LogP contribution in [0.4, 0.5) is 0 Å². The summed E-state index contributed by atoms with van der Waals surface area (Å²) in [5, 5.41) is 2.99. The van der Waals surface area contributed by atoms with Gasteiger partial charge in [0, 0.05) is 44.0 Å². The molecule has 2 aromatic heterocycles. The van der Waals surface area contributed by atoms with E-state index in [0.717, 1.165) is 11.1 Å². The van der Waals surface area contributed by atoms with Crippen LogP contribution in [0.5, 0.6) is 0 Å². The average Bonchev–Trinajstić information content (AvgIpc) is 3.51. The quantitative estimate of drug-likeness (QED) is 0.391. The fourth-order valence-electron chi connectivity index (χ4n) is 4.10. The number of nitrogens with one attached hydrogen (secondary N) is 1. The minimum Gasteiger partial charge on any atom is -0.441 e. The second-order valence-corrected chi connectivity index (χ2v) is 8.67.